The number of carbonyl (C=O) groups excluding carboxylic acids is 1. The molecule has 0 bridgehead atoms. The summed E-state index contributed by atoms with van der Waals surface area (Å²) >= 11 is 12.0. The summed E-state index contributed by atoms with van der Waals surface area (Å²) < 4.78 is 0. The monoisotopic (exact) mass is 437 g/mol. The van der Waals surface area contributed by atoms with Crippen LogP contribution in [0.2, 0.25) is 10.0 Å². The van der Waals surface area contributed by atoms with Crippen LogP contribution in [0, 0.1) is 0 Å². The Kier molecular flexibility index (Phi) is 5.97. The molecular weight excluding hydrogens is 421 g/mol. The summed E-state index contributed by atoms with van der Waals surface area (Å²) in [5.41, 5.74) is 3.00. The van der Waals surface area contributed by atoms with Crippen LogP contribution >= 0.6 is 23.2 Å². The van der Waals surface area contributed by atoms with Crippen molar-refractivity contribution >= 4 is 57.3 Å². The van der Waals surface area contributed by atoms with Gasteiger partial charge >= 0.3 is 6.03 Å². The lowest BCUT2D eigenvalue weighted by Crippen LogP contribution is -2.19. The van der Waals surface area contributed by atoms with Crippen molar-refractivity contribution in [1.29, 1.82) is 0 Å². The summed E-state index contributed by atoms with van der Waals surface area (Å²) in [5, 5.41) is 10.7. The molecule has 30 heavy (non-hydrogen) atoms. The second-order valence-electron chi connectivity index (χ2n) is 6.50. The van der Waals surface area contributed by atoms with E-state index in [0.29, 0.717) is 28.0 Å². The Morgan fingerprint density at radius 1 is 0.900 bits per heavy atom. The Morgan fingerprint density at radius 2 is 1.77 bits per heavy atom. The number of urea groups is 1. The molecule has 0 atom stereocenters. The summed E-state index contributed by atoms with van der Waals surface area (Å²) in [6, 6.07) is 19.8. The number of para-hydroxylation sites is 1. The van der Waals surface area contributed by atoms with E-state index in [1.807, 2.05) is 48.5 Å². The van der Waals surface area contributed by atoms with Crippen LogP contribution in [0.15, 0.2) is 73.1 Å². The number of rotatable bonds is 5. The van der Waals surface area contributed by atoms with Crippen molar-refractivity contribution in [3.05, 3.63) is 88.7 Å². The molecule has 0 saturated carbocycles. The van der Waals surface area contributed by atoms with E-state index in [4.69, 9.17) is 23.2 Å². The molecule has 1 aromatic heterocycles. The third-order valence-electron chi connectivity index (χ3n) is 4.37. The number of aromatic nitrogens is 2. The van der Waals surface area contributed by atoms with Gasteiger partial charge in [0.1, 0.15) is 12.1 Å². The molecule has 0 aliphatic carbocycles. The maximum Gasteiger partial charge on any atom is 0.323 e. The third kappa shape index (κ3) is 4.79. The first kappa shape index (κ1) is 19.9. The van der Waals surface area contributed by atoms with Crippen molar-refractivity contribution in [3.63, 3.8) is 0 Å². The molecule has 4 aromatic rings. The number of halogens is 2. The average molecular weight is 438 g/mol. The van der Waals surface area contributed by atoms with Gasteiger partial charge in [-0.3, -0.25) is 0 Å². The van der Waals surface area contributed by atoms with E-state index in [1.165, 1.54) is 6.33 Å². The van der Waals surface area contributed by atoms with Crippen LogP contribution in [0.5, 0.6) is 0 Å². The van der Waals surface area contributed by atoms with Gasteiger partial charge in [0.05, 0.1) is 16.2 Å². The van der Waals surface area contributed by atoms with Crippen molar-refractivity contribution < 1.29 is 4.79 Å². The largest absolute Gasteiger partial charge is 0.365 e. The first-order chi connectivity index (χ1) is 14.6. The Bertz CT molecular complexity index is 1210. The fraction of sp³-hybridized carbons (Fsp3) is 0.0455. The molecule has 0 aliphatic heterocycles. The van der Waals surface area contributed by atoms with Crippen LogP contribution in [0.25, 0.3) is 10.9 Å². The summed E-state index contributed by atoms with van der Waals surface area (Å²) in [6.07, 6.45) is 1.54. The number of carbonyl (C=O) groups is 1. The minimum Gasteiger partial charge on any atom is -0.365 e. The van der Waals surface area contributed by atoms with Gasteiger partial charge in [-0.05, 0) is 48.0 Å². The zero-order valence-electron chi connectivity index (χ0n) is 15.7. The molecular formula is C22H17Cl2N5O. The molecule has 0 saturated heterocycles. The van der Waals surface area contributed by atoms with Crippen molar-refractivity contribution in [2.24, 2.45) is 0 Å². The van der Waals surface area contributed by atoms with Gasteiger partial charge in [0.2, 0.25) is 0 Å². The van der Waals surface area contributed by atoms with E-state index in [9.17, 15) is 4.79 Å². The highest BCUT2D eigenvalue weighted by Crippen LogP contribution is 2.25. The van der Waals surface area contributed by atoms with Gasteiger partial charge in [0, 0.05) is 22.6 Å². The molecule has 0 spiro atoms. The van der Waals surface area contributed by atoms with Gasteiger partial charge in [-0.25, -0.2) is 14.8 Å². The first-order valence-corrected chi connectivity index (χ1v) is 9.90. The van der Waals surface area contributed by atoms with E-state index in [0.717, 1.165) is 22.3 Å². The third-order valence-corrected chi connectivity index (χ3v) is 4.91. The lowest BCUT2D eigenvalue weighted by Gasteiger charge is -2.11. The molecule has 1 heterocycles. The second-order valence-corrected chi connectivity index (χ2v) is 7.34. The predicted molar refractivity (Wildman–Crippen MR) is 122 cm³/mol. The van der Waals surface area contributed by atoms with E-state index in [1.54, 1.807) is 18.2 Å². The number of nitrogens with zero attached hydrogens (tertiary/aromatic N) is 2. The standard InChI is InChI=1S/C22H17Cl2N5O/c23-15-8-9-20(18(24)11-15)29-22(30)28-16-5-3-4-14(10-16)12-25-21-17-6-1-2-7-19(17)26-13-27-21/h1-11,13H,12H2,(H,25,26,27)(H2,28,29,30). The highest BCUT2D eigenvalue weighted by Gasteiger charge is 2.08. The summed E-state index contributed by atoms with van der Waals surface area (Å²) in [6.45, 7) is 0.543. The van der Waals surface area contributed by atoms with Crippen LogP contribution in [0.4, 0.5) is 22.0 Å². The average Bonchev–Trinajstić information content (AvgIpc) is 2.74. The highest BCUT2D eigenvalue weighted by atomic mass is 35.5. The smallest absolute Gasteiger partial charge is 0.323 e. The van der Waals surface area contributed by atoms with Crippen molar-refractivity contribution in [2.75, 3.05) is 16.0 Å². The quantitative estimate of drug-likeness (QED) is 0.347. The van der Waals surface area contributed by atoms with E-state index >= 15 is 0 Å². The molecule has 3 N–H and O–H groups in total. The second kappa shape index (κ2) is 8.98. The summed E-state index contributed by atoms with van der Waals surface area (Å²) in [4.78, 5) is 20.9. The minimum absolute atomic E-state index is 0.368. The van der Waals surface area contributed by atoms with E-state index in [-0.39, 0.29) is 0 Å². The lowest BCUT2D eigenvalue weighted by atomic mass is 10.2. The topological polar surface area (TPSA) is 78.9 Å². The van der Waals surface area contributed by atoms with Crippen LogP contribution in [-0.4, -0.2) is 16.0 Å². The number of hydrogen-bond donors (Lipinski definition) is 3. The number of hydrogen-bond acceptors (Lipinski definition) is 4. The number of fused-ring (bicyclic) bond motifs is 1. The molecule has 8 heteroatoms. The first-order valence-electron chi connectivity index (χ1n) is 9.14. The molecule has 6 nitrogen and oxygen atoms in total. The number of benzene rings is 3. The fourth-order valence-corrected chi connectivity index (χ4v) is 3.42. The van der Waals surface area contributed by atoms with Crippen molar-refractivity contribution in [1.82, 2.24) is 9.97 Å². The lowest BCUT2D eigenvalue weighted by molar-refractivity contribution is 0.262. The Morgan fingerprint density at radius 3 is 2.63 bits per heavy atom. The Labute approximate surface area is 183 Å². The maximum absolute atomic E-state index is 12.3. The number of nitrogens with one attached hydrogen (secondary N) is 3. The Balaban J connectivity index is 1.41. The highest BCUT2D eigenvalue weighted by molar-refractivity contribution is 6.36. The number of anilines is 3. The summed E-state index contributed by atoms with van der Waals surface area (Å²) in [7, 11) is 0. The SMILES string of the molecule is O=C(Nc1cccc(CNc2ncnc3ccccc23)c1)Nc1ccc(Cl)cc1Cl. The molecule has 0 unspecified atom stereocenters. The molecule has 3 aromatic carbocycles. The molecule has 0 fully saturated rings. The minimum atomic E-state index is -0.397. The fourth-order valence-electron chi connectivity index (χ4n) is 2.97. The van der Waals surface area contributed by atoms with Crippen LogP contribution in [0.3, 0.4) is 0 Å². The van der Waals surface area contributed by atoms with Gasteiger partial charge in [0.25, 0.3) is 0 Å². The molecule has 2 amide bonds. The van der Waals surface area contributed by atoms with Gasteiger partial charge in [-0.15, -0.1) is 0 Å². The molecule has 4 rings (SSSR count). The zero-order valence-corrected chi connectivity index (χ0v) is 17.2. The van der Waals surface area contributed by atoms with Crippen LogP contribution in [-0.2, 0) is 6.54 Å². The van der Waals surface area contributed by atoms with Gasteiger partial charge in [0.15, 0.2) is 0 Å². The van der Waals surface area contributed by atoms with Crippen molar-refractivity contribution in [2.45, 2.75) is 6.54 Å². The maximum atomic E-state index is 12.3. The normalized spacial score (nSPS) is 10.6. The predicted octanol–water partition coefficient (Wildman–Crippen LogP) is 6.19. The molecule has 150 valence electrons. The Hall–Kier alpha value is -3.35. The van der Waals surface area contributed by atoms with E-state index < -0.39 is 6.03 Å². The van der Waals surface area contributed by atoms with Crippen molar-refractivity contribution in [3.8, 4) is 0 Å². The number of amides is 2. The zero-order chi connectivity index (χ0) is 20.9. The van der Waals surface area contributed by atoms with Gasteiger partial charge < -0.3 is 16.0 Å². The molecule has 0 aliphatic rings. The van der Waals surface area contributed by atoms with Crippen LogP contribution in [0.1, 0.15) is 5.56 Å². The van der Waals surface area contributed by atoms with Gasteiger partial charge in [-0.1, -0.05) is 47.5 Å². The summed E-state index contributed by atoms with van der Waals surface area (Å²) in [5.74, 6) is 0.758. The van der Waals surface area contributed by atoms with Gasteiger partial charge in [-0.2, -0.15) is 0 Å². The molecule has 0 radical (unpaired) electrons. The van der Waals surface area contributed by atoms with E-state index in [2.05, 4.69) is 25.9 Å². The van der Waals surface area contributed by atoms with Crippen LogP contribution < -0.4 is 16.0 Å².